The summed E-state index contributed by atoms with van der Waals surface area (Å²) in [5.41, 5.74) is 1.03. The maximum Gasteiger partial charge on any atom is 0.213 e. The van der Waals surface area contributed by atoms with Crippen LogP contribution in [-0.4, -0.2) is 31.3 Å². The van der Waals surface area contributed by atoms with Gasteiger partial charge in [-0.15, -0.1) is 0 Å². The monoisotopic (exact) mass is 238 g/mol. The van der Waals surface area contributed by atoms with Crippen molar-refractivity contribution in [2.45, 2.75) is 32.7 Å². The van der Waals surface area contributed by atoms with Gasteiger partial charge in [-0.1, -0.05) is 13.3 Å². The highest BCUT2D eigenvalue weighted by Crippen LogP contribution is 2.13. The zero-order valence-corrected chi connectivity index (χ0v) is 10.9. The minimum Gasteiger partial charge on any atom is -0.475 e. The van der Waals surface area contributed by atoms with Gasteiger partial charge in [-0.2, -0.15) is 0 Å². The zero-order chi connectivity index (χ0) is 12.5. The van der Waals surface area contributed by atoms with Crippen LogP contribution in [0.4, 0.5) is 5.69 Å². The number of hydrogen-bond acceptors (Lipinski definition) is 4. The molecular weight excluding hydrogens is 216 g/mol. The second-order valence-electron chi connectivity index (χ2n) is 4.06. The van der Waals surface area contributed by atoms with Crippen molar-refractivity contribution in [3.63, 3.8) is 0 Å². The molecule has 0 saturated carbocycles. The minimum absolute atomic E-state index is 0.474. The van der Waals surface area contributed by atoms with Crippen LogP contribution in [0.1, 0.15) is 26.7 Å². The third-order valence-corrected chi connectivity index (χ3v) is 2.41. The Morgan fingerprint density at radius 1 is 1.35 bits per heavy atom. The van der Waals surface area contributed by atoms with Gasteiger partial charge in [0.05, 0.1) is 18.5 Å². The molecule has 0 aromatic carbocycles. The summed E-state index contributed by atoms with van der Waals surface area (Å²) in [6, 6.07) is 4.33. The van der Waals surface area contributed by atoms with E-state index in [1.165, 1.54) is 6.42 Å². The molecule has 17 heavy (non-hydrogen) atoms. The van der Waals surface area contributed by atoms with Crippen LogP contribution in [0, 0.1) is 0 Å². The van der Waals surface area contributed by atoms with Gasteiger partial charge >= 0.3 is 0 Å². The summed E-state index contributed by atoms with van der Waals surface area (Å²) in [5.74, 6) is 0.635. The molecule has 0 aliphatic carbocycles. The van der Waals surface area contributed by atoms with E-state index in [0.29, 0.717) is 25.1 Å². The number of hydrogen-bond donors (Lipinski definition) is 1. The molecular formula is C13H22N2O2. The molecule has 1 aromatic rings. The summed E-state index contributed by atoms with van der Waals surface area (Å²) in [5, 5.41) is 3.39. The molecule has 4 heteroatoms. The van der Waals surface area contributed by atoms with Crippen molar-refractivity contribution in [1.82, 2.24) is 4.98 Å². The van der Waals surface area contributed by atoms with Crippen molar-refractivity contribution in [2.24, 2.45) is 0 Å². The Kier molecular flexibility index (Phi) is 6.40. The van der Waals surface area contributed by atoms with Crippen molar-refractivity contribution in [3.8, 4) is 5.88 Å². The summed E-state index contributed by atoms with van der Waals surface area (Å²) >= 11 is 0. The van der Waals surface area contributed by atoms with Crippen LogP contribution in [0.2, 0.25) is 0 Å². The van der Waals surface area contributed by atoms with Gasteiger partial charge in [0.1, 0.15) is 6.61 Å². The Bertz CT molecular complexity index is 301. The molecule has 96 valence electrons. The van der Waals surface area contributed by atoms with Crippen molar-refractivity contribution in [1.29, 1.82) is 0 Å². The number of anilines is 1. The average molecular weight is 238 g/mol. The Hall–Kier alpha value is -1.29. The molecule has 1 unspecified atom stereocenters. The summed E-state index contributed by atoms with van der Waals surface area (Å²) in [6.07, 6.45) is 4.14. The Labute approximate surface area is 103 Å². The second kappa shape index (κ2) is 7.90. The van der Waals surface area contributed by atoms with Crippen LogP contribution in [-0.2, 0) is 4.74 Å². The number of ether oxygens (including phenoxy) is 2. The fourth-order valence-corrected chi connectivity index (χ4v) is 1.57. The highest BCUT2D eigenvalue weighted by Gasteiger charge is 2.01. The first-order chi connectivity index (χ1) is 8.26. The molecule has 0 saturated heterocycles. The molecule has 0 fully saturated rings. The average Bonchev–Trinajstić information content (AvgIpc) is 2.32. The molecule has 0 aliphatic rings. The van der Waals surface area contributed by atoms with Crippen molar-refractivity contribution in [2.75, 3.05) is 25.6 Å². The first-order valence-corrected chi connectivity index (χ1v) is 6.10. The van der Waals surface area contributed by atoms with Gasteiger partial charge in [-0.05, 0) is 19.4 Å². The predicted octanol–water partition coefficient (Wildman–Crippen LogP) is 2.71. The Balaban J connectivity index is 2.39. The third kappa shape index (κ3) is 5.54. The van der Waals surface area contributed by atoms with Crippen molar-refractivity contribution in [3.05, 3.63) is 18.3 Å². The lowest BCUT2D eigenvalue weighted by Gasteiger charge is -2.14. The lowest BCUT2D eigenvalue weighted by molar-refractivity contribution is 0.144. The summed E-state index contributed by atoms with van der Waals surface area (Å²) < 4.78 is 10.3. The number of nitrogens with zero attached hydrogens (tertiary/aromatic N) is 1. The highest BCUT2D eigenvalue weighted by molar-refractivity contribution is 5.42. The lowest BCUT2D eigenvalue weighted by Crippen LogP contribution is -2.14. The molecule has 0 amide bonds. The topological polar surface area (TPSA) is 43.4 Å². The van der Waals surface area contributed by atoms with Crippen LogP contribution < -0.4 is 10.1 Å². The zero-order valence-electron chi connectivity index (χ0n) is 10.9. The number of nitrogens with one attached hydrogen (secondary N) is 1. The lowest BCUT2D eigenvalue weighted by atomic mass is 10.2. The molecule has 0 bridgehead atoms. The molecule has 4 nitrogen and oxygen atoms in total. The minimum atomic E-state index is 0.474. The van der Waals surface area contributed by atoms with Gasteiger partial charge in [-0.3, -0.25) is 0 Å². The van der Waals surface area contributed by atoms with Gasteiger partial charge in [0.25, 0.3) is 0 Å². The predicted molar refractivity (Wildman–Crippen MR) is 69.6 cm³/mol. The molecule has 0 radical (unpaired) electrons. The van der Waals surface area contributed by atoms with E-state index in [2.05, 4.69) is 24.1 Å². The van der Waals surface area contributed by atoms with Gasteiger partial charge in [0.2, 0.25) is 5.88 Å². The van der Waals surface area contributed by atoms with Gasteiger partial charge in [-0.25, -0.2) is 4.98 Å². The van der Waals surface area contributed by atoms with E-state index in [9.17, 15) is 0 Å². The van der Waals surface area contributed by atoms with Gasteiger partial charge in [0.15, 0.2) is 0 Å². The first-order valence-electron chi connectivity index (χ1n) is 6.10. The van der Waals surface area contributed by atoms with Gasteiger partial charge < -0.3 is 14.8 Å². The molecule has 1 aromatic heterocycles. The Morgan fingerprint density at radius 3 is 2.76 bits per heavy atom. The van der Waals surface area contributed by atoms with E-state index in [1.807, 2.05) is 12.1 Å². The fourth-order valence-electron chi connectivity index (χ4n) is 1.57. The highest BCUT2D eigenvalue weighted by atomic mass is 16.5. The second-order valence-corrected chi connectivity index (χ2v) is 4.06. The SMILES string of the molecule is CCCC(C)Nc1ccc(OCCOC)nc1. The van der Waals surface area contributed by atoms with Crippen molar-refractivity contribution < 1.29 is 9.47 Å². The largest absolute Gasteiger partial charge is 0.475 e. The summed E-state index contributed by atoms with van der Waals surface area (Å²) in [6.45, 7) is 5.47. The molecule has 0 spiro atoms. The number of pyridine rings is 1. The molecule has 1 rings (SSSR count). The maximum absolute atomic E-state index is 5.39. The Morgan fingerprint density at radius 2 is 2.18 bits per heavy atom. The quantitative estimate of drug-likeness (QED) is 0.707. The van der Waals surface area contributed by atoms with Gasteiger partial charge in [0, 0.05) is 19.2 Å². The van der Waals surface area contributed by atoms with Crippen molar-refractivity contribution >= 4 is 5.69 Å². The number of methoxy groups -OCH3 is 1. The standard InChI is InChI=1S/C13H22N2O2/c1-4-5-11(2)15-12-6-7-13(14-10-12)17-9-8-16-3/h6-7,10-11,15H,4-5,8-9H2,1-3H3. The molecule has 1 heterocycles. The first kappa shape index (κ1) is 13.8. The van der Waals surface area contributed by atoms with E-state index >= 15 is 0 Å². The van der Waals surface area contributed by atoms with E-state index in [4.69, 9.17) is 9.47 Å². The smallest absolute Gasteiger partial charge is 0.213 e. The summed E-state index contributed by atoms with van der Waals surface area (Å²) in [4.78, 5) is 4.22. The van der Waals surface area contributed by atoms with Crippen LogP contribution >= 0.6 is 0 Å². The van der Waals surface area contributed by atoms with Crippen LogP contribution in [0.25, 0.3) is 0 Å². The van der Waals surface area contributed by atoms with E-state index in [-0.39, 0.29) is 0 Å². The number of aromatic nitrogens is 1. The molecule has 1 atom stereocenters. The normalized spacial score (nSPS) is 12.2. The molecule has 0 aliphatic heterocycles. The number of rotatable bonds is 8. The van der Waals surface area contributed by atoms with Crippen LogP contribution in [0.5, 0.6) is 5.88 Å². The third-order valence-electron chi connectivity index (χ3n) is 2.41. The maximum atomic E-state index is 5.39. The van der Waals surface area contributed by atoms with E-state index in [1.54, 1.807) is 13.3 Å². The van der Waals surface area contributed by atoms with Crippen LogP contribution in [0.3, 0.4) is 0 Å². The molecule has 1 N–H and O–H groups in total. The summed E-state index contributed by atoms with van der Waals surface area (Å²) in [7, 11) is 1.65. The van der Waals surface area contributed by atoms with Crippen LogP contribution in [0.15, 0.2) is 18.3 Å². The van der Waals surface area contributed by atoms with E-state index < -0.39 is 0 Å². The fraction of sp³-hybridized carbons (Fsp3) is 0.615. The van der Waals surface area contributed by atoms with E-state index in [0.717, 1.165) is 12.1 Å².